The molecule has 4 rings (SSSR count). The van der Waals surface area contributed by atoms with Gasteiger partial charge in [-0.1, -0.05) is 0 Å². The molecular formula is C32H46Si2Zr. The summed E-state index contributed by atoms with van der Waals surface area (Å²) in [5.74, 6) is 0. The van der Waals surface area contributed by atoms with Crippen molar-refractivity contribution in [1.82, 2.24) is 0 Å². The van der Waals surface area contributed by atoms with Crippen LogP contribution in [0.1, 0.15) is 71.0 Å². The van der Waals surface area contributed by atoms with E-state index in [1.807, 2.05) is 0 Å². The summed E-state index contributed by atoms with van der Waals surface area (Å²) >= 11 is -0.742. The molecular weight excluding hydrogens is 532 g/mol. The number of fused-ring (bicyclic) bond motifs is 2. The molecule has 0 aromatic heterocycles. The Morgan fingerprint density at radius 3 is 1.23 bits per heavy atom. The van der Waals surface area contributed by atoms with E-state index >= 15 is 0 Å². The Kier molecular flexibility index (Phi) is 9.15. The van der Waals surface area contributed by atoms with Gasteiger partial charge in [-0.2, -0.15) is 0 Å². The molecule has 0 heterocycles. The second-order valence-electron chi connectivity index (χ2n) is 11.2. The van der Waals surface area contributed by atoms with Crippen LogP contribution in [-0.4, -0.2) is 16.1 Å². The van der Waals surface area contributed by atoms with Crippen molar-refractivity contribution in [3.63, 3.8) is 0 Å². The Hall–Kier alpha value is -0.763. The van der Waals surface area contributed by atoms with Crippen LogP contribution in [0.5, 0.6) is 0 Å². The van der Waals surface area contributed by atoms with Crippen LogP contribution in [0.25, 0.3) is 11.1 Å². The Labute approximate surface area is 229 Å². The third-order valence-electron chi connectivity index (χ3n) is 10.0. The topological polar surface area (TPSA) is 0 Å². The third kappa shape index (κ3) is 5.44. The zero-order valence-corrected chi connectivity index (χ0v) is 27.5. The molecule has 0 nitrogen and oxygen atoms in total. The van der Waals surface area contributed by atoms with Gasteiger partial charge in [0.15, 0.2) is 0 Å². The van der Waals surface area contributed by atoms with Gasteiger partial charge in [-0.15, -0.1) is 0 Å². The second kappa shape index (κ2) is 11.7. The first-order chi connectivity index (χ1) is 17.0. The Bertz CT molecular complexity index is 972. The molecule has 0 radical (unpaired) electrons. The van der Waals surface area contributed by atoms with Gasteiger partial charge in [0.05, 0.1) is 0 Å². The zero-order valence-electron chi connectivity index (χ0n) is 23.1. The number of benzene rings is 2. The van der Waals surface area contributed by atoms with Crippen LogP contribution < -0.4 is 0 Å². The van der Waals surface area contributed by atoms with E-state index < -0.39 is 39.4 Å². The third-order valence-corrected chi connectivity index (χ3v) is 25.4. The Morgan fingerprint density at radius 1 is 0.543 bits per heavy atom. The van der Waals surface area contributed by atoms with E-state index in [9.17, 15) is 0 Å². The van der Waals surface area contributed by atoms with Crippen LogP contribution in [0, 0.1) is 0 Å². The van der Waals surface area contributed by atoms with E-state index in [1.54, 1.807) is 33.4 Å². The minimum absolute atomic E-state index is 0.723. The maximum absolute atomic E-state index is 2.77. The van der Waals surface area contributed by atoms with Crippen LogP contribution in [0.15, 0.2) is 60.7 Å². The second-order valence-corrected chi connectivity index (χ2v) is 26.0. The van der Waals surface area contributed by atoms with Gasteiger partial charge in [0.25, 0.3) is 0 Å². The summed E-state index contributed by atoms with van der Waals surface area (Å²) in [6.07, 6.45) is 5.55. The predicted octanol–water partition coefficient (Wildman–Crippen LogP) is 10.4. The van der Waals surface area contributed by atoms with E-state index in [4.69, 9.17) is 0 Å². The van der Waals surface area contributed by atoms with Gasteiger partial charge >= 0.3 is 231 Å². The first-order valence-corrected chi connectivity index (χ1v) is 22.8. The van der Waals surface area contributed by atoms with Crippen LogP contribution in [0.2, 0.25) is 48.4 Å². The van der Waals surface area contributed by atoms with Crippen molar-refractivity contribution in [3.05, 3.63) is 82.9 Å². The fourth-order valence-corrected chi connectivity index (χ4v) is 18.0. The fourth-order valence-electron chi connectivity index (χ4n) is 6.72. The van der Waals surface area contributed by atoms with E-state index in [0.29, 0.717) is 0 Å². The monoisotopic (exact) mass is 576 g/mol. The molecule has 0 amide bonds. The van der Waals surface area contributed by atoms with Crippen molar-refractivity contribution >= 4 is 27.3 Å². The molecule has 35 heavy (non-hydrogen) atoms. The molecule has 0 N–H and O–H groups in total. The summed E-state index contributed by atoms with van der Waals surface area (Å²) in [6.45, 7) is 14.8. The normalized spacial score (nSPS) is 19.3. The standard InChI is InChI=1S/2C16H23Si.Zr/c2*1-4-17(5-2,6-3)13-15-12-11-14-9-7-8-10-16(14)15;/h2*7-12H,4-6,13H2,1-3H3;. The van der Waals surface area contributed by atoms with Crippen LogP contribution in [0.4, 0.5) is 0 Å². The van der Waals surface area contributed by atoms with Gasteiger partial charge in [0.1, 0.15) is 0 Å². The SMILES string of the molecule is CC[Si](CC)(CC)CC1=C[CH]([Zr][CH]2C=C(C[Si](CC)(CC)CC)c3ccccc32)c2ccccc21. The molecule has 2 unspecified atom stereocenters. The molecule has 0 saturated carbocycles. The summed E-state index contributed by atoms with van der Waals surface area (Å²) < 4.78 is 1.45. The fraction of sp³-hybridized carbons (Fsp3) is 0.500. The van der Waals surface area contributed by atoms with E-state index in [1.165, 1.54) is 48.4 Å². The van der Waals surface area contributed by atoms with Crippen LogP contribution in [-0.2, 0) is 23.2 Å². The molecule has 186 valence electrons. The van der Waals surface area contributed by atoms with Gasteiger partial charge in [-0.3, -0.25) is 0 Å². The van der Waals surface area contributed by atoms with Crippen molar-refractivity contribution in [1.29, 1.82) is 0 Å². The van der Waals surface area contributed by atoms with Crippen molar-refractivity contribution in [3.8, 4) is 0 Å². The summed E-state index contributed by atoms with van der Waals surface area (Å²) in [6, 6.07) is 30.3. The average molecular weight is 578 g/mol. The average Bonchev–Trinajstić information content (AvgIpc) is 3.44. The summed E-state index contributed by atoms with van der Waals surface area (Å²) in [5, 5.41) is 0. The Morgan fingerprint density at radius 2 is 0.886 bits per heavy atom. The first kappa shape index (κ1) is 27.3. The maximum atomic E-state index is 2.77. The molecule has 2 aromatic carbocycles. The van der Waals surface area contributed by atoms with Crippen LogP contribution in [0.3, 0.4) is 0 Å². The van der Waals surface area contributed by atoms with Gasteiger partial charge in [-0.25, -0.2) is 0 Å². The van der Waals surface area contributed by atoms with Crippen molar-refractivity contribution < 1.29 is 23.2 Å². The molecule has 2 aromatic rings. The summed E-state index contributed by atoms with van der Waals surface area (Å²) in [4.78, 5) is 0. The van der Waals surface area contributed by atoms with Crippen molar-refractivity contribution in [2.24, 2.45) is 0 Å². The number of hydrogen-bond donors (Lipinski definition) is 0. The van der Waals surface area contributed by atoms with Gasteiger partial charge in [0, 0.05) is 0 Å². The minimum atomic E-state index is -1.19. The zero-order chi connectivity index (χ0) is 25.1. The molecule has 0 bridgehead atoms. The number of allylic oxidation sites excluding steroid dienone is 4. The van der Waals surface area contributed by atoms with Gasteiger partial charge in [-0.05, 0) is 0 Å². The molecule has 2 atom stereocenters. The summed E-state index contributed by atoms with van der Waals surface area (Å²) in [7, 11) is -2.38. The molecule has 3 heteroatoms. The number of hydrogen-bond acceptors (Lipinski definition) is 0. The van der Waals surface area contributed by atoms with Crippen molar-refractivity contribution in [2.45, 2.75) is 97.1 Å². The predicted molar refractivity (Wildman–Crippen MR) is 158 cm³/mol. The molecule has 0 spiro atoms. The molecule has 0 fully saturated rings. The molecule has 0 saturated heterocycles. The molecule has 0 aliphatic heterocycles. The number of rotatable bonds is 12. The van der Waals surface area contributed by atoms with E-state index in [2.05, 4.69) is 102 Å². The molecule has 2 aliphatic carbocycles. The summed E-state index contributed by atoms with van der Waals surface area (Å²) in [5.41, 5.74) is 9.98. The quantitative estimate of drug-likeness (QED) is 0.220. The van der Waals surface area contributed by atoms with Gasteiger partial charge in [0.2, 0.25) is 0 Å². The first-order valence-electron chi connectivity index (χ1n) is 14.3. The van der Waals surface area contributed by atoms with Crippen molar-refractivity contribution in [2.75, 3.05) is 0 Å². The Balaban J connectivity index is 1.65. The van der Waals surface area contributed by atoms with Crippen LogP contribution >= 0.6 is 0 Å². The van der Waals surface area contributed by atoms with E-state index in [-0.39, 0.29) is 0 Å². The van der Waals surface area contributed by atoms with E-state index in [0.717, 1.165) is 7.25 Å². The molecule has 2 aliphatic rings. The van der Waals surface area contributed by atoms with Gasteiger partial charge < -0.3 is 0 Å².